The quantitative estimate of drug-likeness (QED) is 0.627. The smallest absolute Gasteiger partial charge is 0.261 e. The third-order valence-electron chi connectivity index (χ3n) is 5.45. The van der Waals surface area contributed by atoms with E-state index in [-0.39, 0.29) is 5.91 Å². The SMILES string of the molecule is CC(C)S(=O)(=O)N1CCC(c2ccc(C(=O)NCc3ccc4ncnn4c3)s2)CC1. The Balaban J connectivity index is 1.34. The number of amides is 1. The van der Waals surface area contributed by atoms with Crippen LogP contribution in [-0.4, -0.2) is 51.6 Å². The number of nitrogens with one attached hydrogen (secondary N) is 1. The second-order valence-electron chi connectivity index (χ2n) is 7.75. The first-order valence-corrected chi connectivity index (χ1v) is 12.3. The minimum Gasteiger partial charge on any atom is -0.347 e. The minimum absolute atomic E-state index is 0.107. The van der Waals surface area contributed by atoms with E-state index in [1.165, 1.54) is 17.7 Å². The number of piperidine rings is 1. The molecule has 0 bridgehead atoms. The van der Waals surface area contributed by atoms with E-state index in [4.69, 9.17) is 0 Å². The Morgan fingerprint density at radius 1 is 1.23 bits per heavy atom. The molecule has 1 N–H and O–H groups in total. The highest BCUT2D eigenvalue weighted by atomic mass is 32.2. The first-order chi connectivity index (χ1) is 14.3. The zero-order valence-electron chi connectivity index (χ0n) is 17.0. The second kappa shape index (κ2) is 8.44. The molecule has 10 heteroatoms. The van der Waals surface area contributed by atoms with Crippen LogP contribution in [0.1, 0.15) is 52.7 Å². The Morgan fingerprint density at radius 2 is 2.00 bits per heavy atom. The van der Waals surface area contributed by atoms with E-state index >= 15 is 0 Å². The zero-order valence-corrected chi connectivity index (χ0v) is 18.6. The van der Waals surface area contributed by atoms with Gasteiger partial charge < -0.3 is 5.32 Å². The summed E-state index contributed by atoms with van der Waals surface area (Å²) in [5, 5.41) is 6.66. The van der Waals surface area contributed by atoms with Gasteiger partial charge in [-0.05, 0) is 56.4 Å². The fourth-order valence-corrected chi connectivity index (χ4v) is 6.03. The summed E-state index contributed by atoms with van der Waals surface area (Å²) in [6.07, 6.45) is 4.91. The number of rotatable bonds is 6. The normalized spacial score (nSPS) is 16.4. The summed E-state index contributed by atoms with van der Waals surface area (Å²) in [6, 6.07) is 7.64. The van der Waals surface area contributed by atoms with Crippen LogP contribution < -0.4 is 5.32 Å². The number of thiophene rings is 1. The molecule has 0 atom stereocenters. The topological polar surface area (TPSA) is 96.7 Å². The van der Waals surface area contributed by atoms with Crippen LogP contribution >= 0.6 is 11.3 Å². The van der Waals surface area contributed by atoms with Crippen molar-refractivity contribution < 1.29 is 13.2 Å². The number of carbonyl (C=O) groups excluding carboxylic acids is 1. The molecule has 4 heterocycles. The highest BCUT2D eigenvalue weighted by Gasteiger charge is 2.31. The lowest BCUT2D eigenvalue weighted by Crippen LogP contribution is -2.41. The second-order valence-corrected chi connectivity index (χ2v) is 11.4. The van der Waals surface area contributed by atoms with Crippen molar-refractivity contribution in [3.63, 3.8) is 0 Å². The van der Waals surface area contributed by atoms with Gasteiger partial charge in [0.2, 0.25) is 10.0 Å². The molecule has 4 rings (SSSR count). The molecule has 8 nitrogen and oxygen atoms in total. The van der Waals surface area contributed by atoms with Gasteiger partial charge in [-0.1, -0.05) is 6.07 Å². The fraction of sp³-hybridized carbons (Fsp3) is 0.450. The lowest BCUT2D eigenvalue weighted by atomic mass is 9.96. The Morgan fingerprint density at radius 3 is 2.73 bits per heavy atom. The van der Waals surface area contributed by atoms with Gasteiger partial charge in [0.05, 0.1) is 10.1 Å². The number of aromatic nitrogens is 3. The number of nitrogens with zero attached hydrogens (tertiary/aromatic N) is 4. The molecule has 160 valence electrons. The van der Waals surface area contributed by atoms with Crippen molar-refractivity contribution in [1.82, 2.24) is 24.2 Å². The van der Waals surface area contributed by atoms with Crippen molar-refractivity contribution >= 4 is 32.9 Å². The van der Waals surface area contributed by atoms with Crippen LogP contribution in [0, 0.1) is 0 Å². The largest absolute Gasteiger partial charge is 0.347 e. The molecule has 30 heavy (non-hydrogen) atoms. The maximum atomic E-state index is 12.6. The molecule has 0 saturated carbocycles. The number of sulfonamides is 1. The minimum atomic E-state index is -3.20. The molecule has 3 aromatic heterocycles. The highest BCUT2D eigenvalue weighted by Crippen LogP contribution is 2.34. The Labute approximate surface area is 180 Å². The molecule has 0 aromatic carbocycles. The summed E-state index contributed by atoms with van der Waals surface area (Å²) in [5.41, 5.74) is 1.71. The summed E-state index contributed by atoms with van der Waals surface area (Å²) in [4.78, 5) is 18.5. The van der Waals surface area contributed by atoms with Gasteiger partial charge in [0.1, 0.15) is 6.33 Å². The summed E-state index contributed by atoms with van der Waals surface area (Å²) >= 11 is 1.49. The molecule has 0 aliphatic carbocycles. The number of carbonyl (C=O) groups is 1. The van der Waals surface area contributed by atoms with Crippen molar-refractivity contribution in [2.75, 3.05) is 13.1 Å². The van der Waals surface area contributed by atoms with Crippen molar-refractivity contribution in [1.29, 1.82) is 0 Å². The summed E-state index contributed by atoms with van der Waals surface area (Å²) in [7, 11) is -3.20. The molecule has 3 aromatic rings. The van der Waals surface area contributed by atoms with Crippen LogP contribution in [0.25, 0.3) is 5.65 Å². The van der Waals surface area contributed by atoms with Crippen molar-refractivity contribution in [2.45, 2.75) is 44.4 Å². The van der Waals surface area contributed by atoms with Gasteiger partial charge in [0, 0.05) is 30.7 Å². The number of hydrogen-bond donors (Lipinski definition) is 1. The fourth-order valence-electron chi connectivity index (χ4n) is 3.62. The number of fused-ring (bicyclic) bond motifs is 1. The standard InChI is InChI=1S/C20H25N5O3S2/c1-14(2)30(27,28)24-9-7-16(8-10-24)17-4-5-18(29-17)20(26)21-11-15-3-6-19-22-13-23-25(19)12-15/h3-6,12-14,16H,7-11H2,1-2H3,(H,21,26). The van der Waals surface area contributed by atoms with E-state index in [2.05, 4.69) is 15.4 Å². The van der Waals surface area contributed by atoms with Crippen LogP contribution in [0.2, 0.25) is 0 Å². The predicted molar refractivity (Wildman–Crippen MR) is 116 cm³/mol. The Hall–Kier alpha value is -2.30. The van der Waals surface area contributed by atoms with Gasteiger partial charge in [-0.15, -0.1) is 11.3 Å². The molecule has 1 amide bonds. The van der Waals surface area contributed by atoms with Gasteiger partial charge in [-0.3, -0.25) is 4.79 Å². The van der Waals surface area contributed by atoms with Gasteiger partial charge in [-0.2, -0.15) is 5.10 Å². The molecule has 0 radical (unpaired) electrons. The molecule has 1 saturated heterocycles. The molecular formula is C20H25N5O3S2. The van der Waals surface area contributed by atoms with Gasteiger partial charge in [-0.25, -0.2) is 22.2 Å². The molecule has 0 unspecified atom stereocenters. The lowest BCUT2D eigenvalue weighted by Gasteiger charge is -2.31. The van der Waals surface area contributed by atoms with E-state index in [1.54, 1.807) is 22.7 Å². The average Bonchev–Trinajstić information content (AvgIpc) is 3.41. The number of hydrogen-bond acceptors (Lipinski definition) is 6. The third-order valence-corrected chi connectivity index (χ3v) is 8.97. The molecule has 0 spiro atoms. The monoisotopic (exact) mass is 447 g/mol. The molecule has 1 fully saturated rings. The molecule has 1 aliphatic rings. The lowest BCUT2D eigenvalue weighted by molar-refractivity contribution is 0.0955. The zero-order chi connectivity index (χ0) is 21.3. The Kier molecular flexibility index (Phi) is 5.90. The van der Waals surface area contributed by atoms with E-state index < -0.39 is 15.3 Å². The van der Waals surface area contributed by atoms with Crippen LogP contribution in [0.3, 0.4) is 0 Å². The van der Waals surface area contributed by atoms with Gasteiger partial charge in [0.25, 0.3) is 5.91 Å². The van der Waals surface area contributed by atoms with E-state index in [0.717, 1.165) is 28.9 Å². The van der Waals surface area contributed by atoms with Crippen LogP contribution in [0.4, 0.5) is 0 Å². The summed E-state index contributed by atoms with van der Waals surface area (Å²) in [6.45, 7) is 4.92. The van der Waals surface area contributed by atoms with Crippen molar-refractivity contribution in [2.24, 2.45) is 0 Å². The molecule has 1 aliphatic heterocycles. The van der Waals surface area contributed by atoms with Crippen LogP contribution in [-0.2, 0) is 16.6 Å². The van der Waals surface area contributed by atoms with Crippen molar-refractivity contribution in [3.8, 4) is 0 Å². The summed E-state index contributed by atoms with van der Waals surface area (Å²) in [5.74, 6) is 0.189. The van der Waals surface area contributed by atoms with Crippen molar-refractivity contribution in [3.05, 3.63) is 52.1 Å². The maximum absolute atomic E-state index is 12.6. The van der Waals surface area contributed by atoms with Gasteiger partial charge in [0.15, 0.2) is 5.65 Å². The third kappa shape index (κ3) is 4.26. The summed E-state index contributed by atoms with van der Waals surface area (Å²) < 4.78 is 27.9. The maximum Gasteiger partial charge on any atom is 0.261 e. The highest BCUT2D eigenvalue weighted by molar-refractivity contribution is 7.89. The van der Waals surface area contributed by atoms with Crippen LogP contribution in [0.5, 0.6) is 0 Å². The van der Waals surface area contributed by atoms with E-state index in [9.17, 15) is 13.2 Å². The average molecular weight is 448 g/mol. The first-order valence-electron chi connectivity index (χ1n) is 10.00. The number of pyridine rings is 1. The predicted octanol–water partition coefficient (Wildman–Crippen LogP) is 2.64. The van der Waals surface area contributed by atoms with Crippen LogP contribution in [0.15, 0.2) is 36.8 Å². The molecular weight excluding hydrogens is 422 g/mol. The van der Waals surface area contributed by atoms with E-state index in [0.29, 0.717) is 30.4 Å². The first kappa shape index (κ1) is 21.0. The van der Waals surface area contributed by atoms with Gasteiger partial charge >= 0.3 is 0 Å². The Bertz CT molecular complexity index is 1140. The van der Waals surface area contributed by atoms with E-state index in [1.807, 2.05) is 30.5 Å².